The first-order valence-electron chi connectivity index (χ1n) is 12.2. The molecular weight excluding hydrogens is 530 g/mol. The Morgan fingerprint density at radius 2 is 1.90 bits per heavy atom. The highest BCUT2D eigenvalue weighted by molar-refractivity contribution is 6.31. The van der Waals surface area contributed by atoms with Crippen LogP contribution in [0.4, 0.5) is 25.0 Å². The quantitative estimate of drug-likeness (QED) is 0.403. The summed E-state index contributed by atoms with van der Waals surface area (Å²) in [7, 11) is 0. The minimum absolute atomic E-state index is 0.107. The van der Waals surface area contributed by atoms with Crippen LogP contribution in [0.15, 0.2) is 48.5 Å². The molecule has 0 radical (unpaired) electrons. The van der Waals surface area contributed by atoms with Crippen molar-refractivity contribution in [3.8, 4) is 11.8 Å². The lowest BCUT2D eigenvalue weighted by Crippen LogP contribution is -2.34. The number of amides is 3. The number of carbonyl (C=O) groups is 2. The van der Waals surface area contributed by atoms with Crippen molar-refractivity contribution in [1.82, 2.24) is 5.32 Å². The van der Waals surface area contributed by atoms with E-state index in [1.165, 1.54) is 53.4 Å². The monoisotopic (exact) mass is 550 g/mol. The summed E-state index contributed by atoms with van der Waals surface area (Å²) in [5.41, 5.74) is 1.09. The highest BCUT2D eigenvalue weighted by Crippen LogP contribution is 2.46. The van der Waals surface area contributed by atoms with Crippen LogP contribution in [0.3, 0.4) is 0 Å². The zero-order valence-electron chi connectivity index (χ0n) is 20.3. The van der Waals surface area contributed by atoms with E-state index in [0.717, 1.165) is 0 Å². The second kappa shape index (κ2) is 9.22. The van der Waals surface area contributed by atoms with Crippen LogP contribution in [0, 0.1) is 28.4 Å². The first-order chi connectivity index (χ1) is 18.7. The van der Waals surface area contributed by atoms with Crippen LogP contribution in [-0.4, -0.2) is 30.2 Å². The number of benzene rings is 3. The lowest BCUT2D eigenvalue weighted by molar-refractivity contribution is 0.0960. The Bertz CT molecular complexity index is 1590. The van der Waals surface area contributed by atoms with Crippen molar-refractivity contribution in [2.24, 2.45) is 5.41 Å². The molecule has 1 saturated carbocycles. The number of fused-ring (bicyclic) bond motifs is 2. The molecule has 198 valence electrons. The van der Waals surface area contributed by atoms with E-state index in [0.29, 0.717) is 29.7 Å². The van der Waals surface area contributed by atoms with Gasteiger partial charge in [-0.2, -0.15) is 5.26 Å². The maximum Gasteiger partial charge on any atom is 0.326 e. The van der Waals surface area contributed by atoms with Crippen molar-refractivity contribution in [3.05, 3.63) is 87.4 Å². The van der Waals surface area contributed by atoms with Gasteiger partial charge in [0.05, 0.1) is 47.1 Å². The van der Waals surface area contributed by atoms with E-state index in [-0.39, 0.29) is 40.7 Å². The molecule has 0 bridgehead atoms. The van der Waals surface area contributed by atoms with Crippen LogP contribution in [0.2, 0.25) is 5.02 Å². The fourth-order valence-corrected chi connectivity index (χ4v) is 5.23. The second-order valence-corrected chi connectivity index (χ2v) is 10.4. The van der Waals surface area contributed by atoms with Gasteiger partial charge in [0.15, 0.2) is 0 Å². The van der Waals surface area contributed by atoms with E-state index < -0.39 is 41.1 Å². The molecule has 0 unspecified atom stereocenters. The molecule has 2 atom stereocenters. The number of nitrogens with one attached hydrogen (secondary N) is 2. The van der Waals surface area contributed by atoms with E-state index in [1.54, 1.807) is 0 Å². The first kappa shape index (κ1) is 25.1. The standard InChI is InChI=1S/C28H21ClF2N4O4/c29-20-3-1-14(30)7-17(20)25-24-19(26(37)34-25)9-16(39-13-28(12-32)5-6-28)10-21(24)33-27(38)35-11-23(36)18-8-15(31)2-4-22(18)35/h1-4,7-10,23,25,36H,5-6,11,13H2,(H,33,38)(H,34,37)/t23-,25-/m1/s1. The van der Waals surface area contributed by atoms with E-state index in [4.69, 9.17) is 16.3 Å². The number of aliphatic hydroxyl groups excluding tert-OH is 1. The predicted molar refractivity (Wildman–Crippen MR) is 138 cm³/mol. The first-order valence-corrected chi connectivity index (χ1v) is 12.6. The molecule has 1 aliphatic carbocycles. The minimum Gasteiger partial charge on any atom is -0.492 e. The lowest BCUT2D eigenvalue weighted by atomic mass is 9.96. The number of urea groups is 1. The van der Waals surface area contributed by atoms with Crippen molar-refractivity contribution in [3.63, 3.8) is 0 Å². The number of aliphatic hydroxyl groups is 1. The van der Waals surface area contributed by atoms with Crippen LogP contribution < -0.4 is 20.3 Å². The SMILES string of the molecule is N#CC1(COc2cc(NC(=O)N3C[C@@H](O)c4cc(F)ccc43)c3c(c2)C(=O)N[C@@H]3c2cc(F)ccc2Cl)CC1. The molecule has 2 heterocycles. The number of nitrogens with zero attached hydrogens (tertiary/aromatic N) is 2. The van der Waals surface area contributed by atoms with Gasteiger partial charge >= 0.3 is 6.03 Å². The molecule has 2 aliphatic heterocycles. The van der Waals surface area contributed by atoms with Gasteiger partial charge < -0.3 is 20.5 Å². The summed E-state index contributed by atoms with van der Waals surface area (Å²) in [5, 5.41) is 25.6. The largest absolute Gasteiger partial charge is 0.492 e. The summed E-state index contributed by atoms with van der Waals surface area (Å²) in [5.74, 6) is -1.31. The van der Waals surface area contributed by atoms with Gasteiger partial charge in [-0.25, -0.2) is 13.6 Å². The van der Waals surface area contributed by atoms with Gasteiger partial charge in [-0.05, 0) is 55.3 Å². The summed E-state index contributed by atoms with van der Waals surface area (Å²) >= 11 is 6.36. The molecule has 11 heteroatoms. The van der Waals surface area contributed by atoms with E-state index in [1.807, 2.05) is 0 Å². The van der Waals surface area contributed by atoms with Crippen LogP contribution in [0.25, 0.3) is 0 Å². The van der Waals surface area contributed by atoms with E-state index in [9.17, 15) is 28.7 Å². The summed E-state index contributed by atoms with van der Waals surface area (Å²) in [6.07, 6.45) is 0.330. The van der Waals surface area contributed by atoms with Crippen molar-refractivity contribution in [2.45, 2.75) is 25.0 Å². The predicted octanol–water partition coefficient (Wildman–Crippen LogP) is 5.22. The summed E-state index contributed by atoms with van der Waals surface area (Å²) in [6.45, 7) is 0.0116. The number of nitriles is 1. The normalized spacial score (nSPS) is 20.1. The van der Waals surface area contributed by atoms with Gasteiger partial charge in [0.25, 0.3) is 5.91 Å². The van der Waals surface area contributed by atoms with Gasteiger partial charge in [0.1, 0.15) is 24.0 Å². The molecule has 3 N–H and O–H groups in total. The van der Waals surface area contributed by atoms with Crippen molar-refractivity contribution in [2.75, 3.05) is 23.4 Å². The molecule has 3 aliphatic rings. The average molecular weight is 551 g/mol. The number of ether oxygens (including phenoxy) is 1. The average Bonchev–Trinajstić information content (AvgIpc) is 3.53. The Hall–Kier alpha value is -4.20. The van der Waals surface area contributed by atoms with Crippen LogP contribution >= 0.6 is 11.6 Å². The number of carbonyl (C=O) groups excluding carboxylic acids is 2. The number of hydrogen-bond acceptors (Lipinski definition) is 5. The Labute approximate surface area is 226 Å². The molecule has 39 heavy (non-hydrogen) atoms. The molecule has 3 aromatic rings. The van der Waals surface area contributed by atoms with Crippen molar-refractivity contribution >= 4 is 34.9 Å². The molecule has 6 rings (SSSR count). The lowest BCUT2D eigenvalue weighted by Gasteiger charge is -2.22. The smallest absolute Gasteiger partial charge is 0.326 e. The van der Waals surface area contributed by atoms with Crippen molar-refractivity contribution < 1.29 is 28.2 Å². The fourth-order valence-electron chi connectivity index (χ4n) is 5.01. The van der Waals surface area contributed by atoms with Crippen molar-refractivity contribution in [1.29, 1.82) is 5.26 Å². The number of halogens is 3. The molecule has 0 spiro atoms. The molecule has 0 aromatic heterocycles. The maximum atomic E-state index is 14.2. The van der Waals surface area contributed by atoms with Crippen LogP contribution in [0.5, 0.6) is 5.75 Å². The molecule has 3 aromatic carbocycles. The topological polar surface area (TPSA) is 115 Å². The number of rotatable bonds is 5. The maximum absolute atomic E-state index is 14.2. The summed E-state index contributed by atoms with van der Waals surface area (Å²) < 4.78 is 33.8. The van der Waals surface area contributed by atoms with Gasteiger partial charge in [-0.3, -0.25) is 9.69 Å². The zero-order valence-corrected chi connectivity index (χ0v) is 21.1. The number of β-amino-alcohol motifs (C(OH)–C–C–N with tert-alkyl or cyclic N) is 1. The number of hydrogen-bond donors (Lipinski definition) is 3. The number of anilines is 2. The summed E-state index contributed by atoms with van der Waals surface area (Å²) in [4.78, 5) is 27.8. The minimum atomic E-state index is -1.08. The summed E-state index contributed by atoms with van der Waals surface area (Å²) in [6, 6.07) is 11.3. The van der Waals surface area contributed by atoms with Gasteiger partial charge in [-0.15, -0.1) is 0 Å². The van der Waals surface area contributed by atoms with E-state index >= 15 is 0 Å². The molecule has 3 amide bonds. The van der Waals surface area contributed by atoms with Gasteiger partial charge in [-0.1, -0.05) is 11.6 Å². The fraction of sp³-hybridized carbons (Fsp3) is 0.250. The Morgan fingerprint density at radius 1 is 1.18 bits per heavy atom. The third-order valence-corrected chi connectivity index (χ3v) is 7.66. The van der Waals surface area contributed by atoms with Gasteiger partial charge in [0, 0.05) is 27.8 Å². The van der Waals surface area contributed by atoms with Crippen LogP contribution in [-0.2, 0) is 0 Å². The Kier molecular flexibility index (Phi) is 5.93. The zero-order chi connectivity index (χ0) is 27.5. The Balaban J connectivity index is 1.40. The van der Waals surface area contributed by atoms with Gasteiger partial charge in [0.2, 0.25) is 0 Å². The molecular formula is C28H21ClF2N4O4. The van der Waals surface area contributed by atoms with Crippen LogP contribution in [0.1, 0.15) is 52.0 Å². The third kappa shape index (κ3) is 4.43. The molecule has 0 saturated heterocycles. The highest BCUT2D eigenvalue weighted by Gasteiger charge is 2.44. The third-order valence-electron chi connectivity index (χ3n) is 7.32. The Morgan fingerprint density at radius 3 is 2.62 bits per heavy atom. The molecule has 1 fully saturated rings. The highest BCUT2D eigenvalue weighted by atomic mass is 35.5. The molecule has 8 nitrogen and oxygen atoms in total. The second-order valence-electron chi connectivity index (χ2n) is 9.94. The van der Waals surface area contributed by atoms with E-state index in [2.05, 4.69) is 16.7 Å².